The van der Waals surface area contributed by atoms with Gasteiger partial charge >= 0.3 is 0 Å². The Balaban J connectivity index is 1.55. The minimum absolute atomic E-state index is 0.0257. The lowest BCUT2D eigenvalue weighted by Gasteiger charge is -2.23. The molecule has 1 amide bonds. The number of carbonyl (C=O) groups excluding carboxylic acids is 1. The summed E-state index contributed by atoms with van der Waals surface area (Å²) in [5, 5.41) is 1.82. The highest BCUT2D eigenvalue weighted by Crippen LogP contribution is 2.35. The fourth-order valence-corrected chi connectivity index (χ4v) is 5.85. The first-order valence-electron chi connectivity index (χ1n) is 11.8. The van der Waals surface area contributed by atoms with Gasteiger partial charge in [0.2, 0.25) is 0 Å². The van der Waals surface area contributed by atoms with E-state index < -0.39 is 0 Å². The maximum absolute atomic E-state index is 14.2. The van der Waals surface area contributed by atoms with E-state index in [1.807, 2.05) is 103 Å². The molecule has 2 heterocycles. The molecule has 0 spiro atoms. The average molecular weight is 490 g/mol. The molecule has 0 aliphatic rings. The van der Waals surface area contributed by atoms with Gasteiger partial charge in [0.25, 0.3) is 5.91 Å². The van der Waals surface area contributed by atoms with E-state index in [1.165, 1.54) is 11.3 Å². The molecule has 0 aliphatic heterocycles. The van der Waals surface area contributed by atoms with Crippen LogP contribution in [-0.4, -0.2) is 15.5 Å². The predicted octanol–water partition coefficient (Wildman–Crippen LogP) is 6.75. The number of nitrogens with zero attached hydrogens (tertiary/aromatic N) is 3. The lowest BCUT2D eigenvalue weighted by Crippen LogP contribution is -2.30. The normalized spacial score (nSPS) is 11.4. The van der Waals surface area contributed by atoms with Gasteiger partial charge < -0.3 is 4.57 Å². The van der Waals surface area contributed by atoms with Crippen molar-refractivity contribution >= 4 is 60.1 Å². The van der Waals surface area contributed by atoms with Crippen molar-refractivity contribution in [3.63, 3.8) is 0 Å². The number of hydrogen-bond donors (Lipinski definition) is 0. The first-order chi connectivity index (χ1) is 17.5. The van der Waals surface area contributed by atoms with Crippen molar-refractivity contribution in [2.24, 2.45) is 0 Å². The third kappa shape index (κ3) is 3.76. The maximum atomic E-state index is 14.2. The summed E-state index contributed by atoms with van der Waals surface area (Å²) in [4.78, 5) is 33.9. The molecule has 0 fully saturated rings. The van der Waals surface area contributed by atoms with Crippen molar-refractivity contribution in [3.05, 3.63) is 112 Å². The van der Waals surface area contributed by atoms with E-state index in [0.29, 0.717) is 15.9 Å². The minimum Gasteiger partial charge on any atom is -0.331 e. The van der Waals surface area contributed by atoms with Crippen LogP contribution in [0.4, 0.5) is 10.8 Å². The van der Waals surface area contributed by atoms with Crippen molar-refractivity contribution in [1.82, 2.24) is 9.55 Å². The SMILES string of the molecule is Cc1cc(C)cc(N(C(=O)Cn2c3ccccc3c(=O)c3ccccc32)c2nc3ccccc3s2)c1. The number of thiazole rings is 1. The quantitative estimate of drug-likeness (QED) is 0.258. The average Bonchev–Trinajstić information content (AvgIpc) is 3.29. The van der Waals surface area contributed by atoms with E-state index >= 15 is 0 Å². The van der Waals surface area contributed by atoms with Gasteiger partial charge in [0.05, 0.1) is 26.9 Å². The van der Waals surface area contributed by atoms with Gasteiger partial charge in [-0.3, -0.25) is 14.5 Å². The number of pyridine rings is 1. The highest BCUT2D eigenvalue weighted by atomic mass is 32.1. The molecule has 0 radical (unpaired) electrons. The van der Waals surface area contributed by atoms with Crippen LogP contribution < -0.4 is 10.3 Å². The standard InChI is InChI=1S/C30H23N3O2S/c1-19-15-20(2)17-21(16-19)33(30-31-24-11-5-8-14-27(24)36-30)28(34)18-32-25-12-6-3-9-22(25)29(35)23-10-4-7-13-26(23)32/h3-17H,18H2,1-2H3. The highest BCUT2D eigenvalue weighted by Gasteiger charge is 2.24. The Morgan fingerprint density at radius 2 is 1.42 bits per heavy atom. The second-order valence-corrected chi connectivity index (χ2v) is 10.00. The minimum atomic E-state index is -0.127. The summed E-state index contributed by atoms with van der Waals surface area (Å²) in [7, 11) is 0. The fourth-order valence-electron chi connectivity index (χ4n) is 4.85. The molecular weight excluding hydrogens is 466 g/mol. The molecule has 0 bridgehead atoms. The van der Waals surface area contributed by atoms with Crippen LogP contribution in [0.5, 0.6) is 0 Å². The first-order valence-corrected chi connectivity index (χ1v) is 12.6. The summed E-state index contributed by atoms with van der Waals surface area (Å²) in [6.07, 6.45) is 0. The summed E-state index contributed by atoms with van der Waals surface area (Å²) in [6.45, 7) is 4.12. The molecular formula is C30H23N3O2S. The van der Waals surface area contributed by atoms with Crippen LogP contribution in [0.1, 0.15) is 11.1 Å². The summed E-state index contributed by atoms with van der Waals surface area (Å²) in [5.74, 6) is -0.127. The van der Waals surface area contributed by atoms with Crippen molar-refractivity contribution in [3.8, 4) is 0 Å². The molecule has 0 atom stereocenters. The number of benzene rings is 4. The molecule has 0 N–H and O–H groups in total. The summed E-state index contributed by atoms with van der Waals surface area (Å²) in [5.41, 5.74) is 5.23. The Hall–Kier alpha value is -4.29. The van der Waals surface area contributed by atoms with Crippen LogP contribution in [0.2, 0.25) is 0 Å². The molecule has 6 aromatic rings. The molecule has 6 heteroatoms. The van der Waals surface area contributed by atoms with Crippen LogP contribution in [0.3, 0.4) is 0 Å². The number of hydrogen-bond acceptors (Lipinski definition) is 4. The van der Waals surface area contributed by atoms with E-state index in [-0.39, 0.29) is 17.9 Å². The van der Waals surface area contributed by atoms with Gasteiger partial charge in [-0.1, -0.05) is 53.8 Å². The molecule has 0 saturated carbocycles. The Bertz CT molecular complexity index is 1740. The molecule has 6 rings (SSSR count). The van der Waals surface area contributed by atoms with E-state index in [9.17, 15) is 9.59 Å². The van der Waals surface area contributed by atoms with E-state index in [2.05, 4.69) is 6.07 Å². The highest BCUT2D eigenvalue weighted by molar-refractivity contribution is 7.22. The number of anilines is 2. The van der Waals surface area contributed by atoms with Crippen molar-refractivity contribution in [2.75, 3.05) is 4.90 Å². The van der Waals surface area contributed by atoms with E-state index in [4.69, 9.17) is 4.98 Å². The van der Waals surface area contributed by atoms with Crippen molar-refractivity contribution < 1.29 is 4.79 Å². The summed E-state index contributed by atoms with van der Waals surface area (Å²) >= 11 is 1.50. The van der Waals surface area contributed by atoms with E-state index in [0.717, 1.165) is 38.1 Å². The maximum Gasteiger partial charge on any atom is 0.253 e. The molecule has 0 aliphatic carbocycles. The van der Waals surface area contributed by atoms with E-state index in [1.54, 1.807) is 4.90 Å². The zero-order chi connectivity index (χ0) is 24.8. The molecule has 5 nitrogen and oxygen atoms in total. The van der Waals surface area contributed by atoms with Crippen LogP contribution in [0.25, 0.3) is 32.0 Å². The van der Waals surface area contributed by atoms with Crippen LogP contribution >= 0.6 is 11.3 Å². The zero-order valence-corrected chi connectivity index (χ0v) is 20.8. The fraction of sp³-hybridized carbons (Fsp3) is 0.100. The lowest BCUT2D eigenvalue weighted by atomic mass is 10.1. The van der Waals surface area contributed by atoms with Crippen molar-refractivity contribution in [2.45, 2.75) is 20.4 Å². The zero-order valence-electron chi connectivity index (χ0n) is 19.9. The smallest absolute Gasteiger partial charge is 0.253 e. The molecule has 0 saturated heterocycles. The third-order valence-electron chi connectivity index (χ3n) is 6.36. The van der Waals surface area contributed by atoms with Gasteiger partial charge in [0.1, 0.15) is 6.54 Å². The number of rotatable bonds is 4. The van der Waals surface area contributed by atoms with Crippen LogP contribution in [0.15, 0.2) is 95.8 Å². The van der Waals surface area contributed by atoms with Gasteiger partial charge in [0, 0.05) is 10.8 Å². The number of fused-ring (bicyclic) bond motifs is 3. The first kappa shape index (κ1) is 22.2. The van der Waals surface area contributed by atoms with Gasteiger partial charge in [-0.25, -0.2) is 4.98 Å². The Morgan fingerprint density at radius 1 is 0.833 bits per heavy atom. The third-order valence-corrected chi connectivity index (χ3v) is 7.38. The topological polar surface area (TPSA) is 55.2 Å². The molecule has 36 heavy (non-hydrogen) atoms. The van der Waals surface area contributed by atoms with Crippen molar-refractivity contribution in [1.29, 1.82) is 0 Å². The number of aryl methyl sites for hydroxylation is 2. The Kier molecular flexibility index (Phi) is 5.38. The second-order valence-electron chi connectivity index (χ2n) is 8.99. The predicted molar refractivity (Wildman–Crippen MR) is 148 cm³/mol. The summed E-state index contributed by atoms with van der Waals surface area (Å²) in [6, 6.07) is 29.0. The number of para-hydroxylation sites is 3. The van der Waals surface area contributed by atoms with Gasteiger partial charge in [0.15, 0.2) is 10.6 Å². The molecule has 2 aromatic heterocycles. The van der Waals surface area contributed by atoms with Gasteiger partial charge in [-0.15, -0.1) is 0 Å². The molecule has 176 valence electrons. The Morgan fingerprint density at radius 3 is 2.06 bits per heavy atom. The molecule has 4 aromatic carbocycles. The van der Waals surface area contributed by atoms with Gasteiger partial charge in [-0.05, 0) is 73.5 Å². The Labute approximate surface area is 211 Å². The molecule has 0 unspecified atom stereocenters. The van der Waals surface area contributed by atoms with Gasteiger partial charge in [-0.2, -0.15) is 0 Å². The largest absolute Gasteiger partial charge is 0.331 e. The number of carbonyl (C=O) groups is 1. The van der Waals surface area contributed by atoms with Crippen LogP contribution in [-0.2, 0) is 11.3 Å². The number of aromatic nitrogens is 2. The number of amides is 1. The summed E-state index contributed by atoms with van der Waals surface area (Å²) < 4.78 is 2.96. The van der Waals surface area contributed by atoms with Crippen LogP contribution in [0, 0.1) is 13.8 Å². The lowest BCUT2D eigenvalue weighted by molar-refractivity contribution is -0.118. The second kappa shape index (κ2) is 8.73. The monoisotopic (exact) mass is 489 g/mol.